The van der Waals surface area contributed by atoms with Crippen LogP contribution in [0, 0.1) is 0 Å². The molecule has 0 heterocycles. The Labute approximate surface area is 125 Å². The van der Waals surface area contributed by atoms with Crippen LogP contribution in [0.5, 0.6) is 0 Å². The quantitative estimate of drug-likeness (QED) is 0.636. The van der Waals surface area contributed by atoms with E-state index in [-0.39, 0.29) is 22.4 Å². The highest BCUT2D eigenvalue weighted by atomic mass is 32.2. The minimum absolute atomic E-state index is 0.00507. The van der Waals surface area contributed by atoms with Crippen molar-refractivity contribution in [3.05, 3.63) is 24.3 Å². The van der Waals surface area contributed by atoms with Crippen LogP contribution in [-0.2, 0) is 20.0 Å². The van der Waals surface area contributed by atoms with Gasteiger partial charge in [0, 0.05) is 18.6 Å². The summed E-state index contributed by atoms with van der Waals surface area (Å²) < 4.78 is 52.9. The monoisotopic (exact) mass is 333 g/mol. The van der Waals surface area contributed by atoms with Crippen LogP contribution in [0.25, 0.3) is 0 Å². The molecule has 1 atom stereocenters. The van der Waals surface area contributed by atoms with Crippen LogP contribution in [0.3, 0.4) is 0 Å². The Morgan fingerprint density at radius 1 is 1.10 bits per heavy atom. The molecule has 2 rings (SSSR count). The van der Waals surface area contributed by atoms with Crippen molar-refractivity contribution in [3.63, 3.8) is 0 Å². The zero-order valence-corrected chi connectivity index (χ0v) is 13.2. The van der Waals surface area contributed by atoms with E-state index in [1.165, 1.54) is 24.3 Å². The van der Waals surface area contributed by atoms with E-state index in [4.69, 9.17) is 5.73 Å². The molecule has 0 saturated heterocycles. The zero-order chi connectivity index (χ0) is 15.7. The molecular formula is C12H19N3O4S2. The normalized spacial score (nSPS) is 17.6. The topological polar surface area (TPSA) is 118 Å². The Morgan fingerprint density at radius 2 is 1.57 bits per heavy atom. The van der Waals surface area contributed by atoms with E-state index in [1.807, 2.05) is 0 Å². The third-order valence-electron chi connectivity index (χ3n) is 3.05. The van der Waals surface area contributed by atoms with Gasteiger partial charge < -0.3 is 5.73 Å². The molecule has 1 aliphatic carbocycles. The smallest absolute Gasteiger partial charge is 0.240 e. The van der Waals surface area contributed by atoms with Crippen LogP contribution in [0.15, 0.2) is 34.1 Å². The van der Waals surface area contributed by atoms with Crippen LogP contribution in [0.2, 0.25) is 0 Å². The average molecular weight is 333 g/mol. The van der Waals surface area contributed by atoms with E-state index in [1.54, 1.807) is 6.92 Å². The van der Waals surface area contributed by atoms with Gasteiger partial charge >= 0.3 is 0 Å². The predicted molar refractivity (Wildman–Crippen MR) is 78.6 cm³/mol. The molecule has 21 heavy (non-hydrogen) atoms. The van der Waals surface area contributed by atoms with Gasteiger partial charge in [-0.1, -0.05) is 0 Å². The fourth-order valence-electron chi connectivity index (χ4n) is 1.67. The molecule has 0 aliphatic heterocycles. The number of sulfonamides is 2. The fourth-order valence-corrected chi connectivity index (χ4v) is 4.23. The van der Waals surface area contributed by atoms with Crippen molar-refractivity contribution in [1.29, 1.82) is 0 Å². The third kappa shape index (κ3) is 4.24. The van der Waals surface area contributed by atoms with Gasteiger partial charge in [-0.15, -0.1) is 0 Å². The molecule has 1 aromatic rings. The minimum atomic E-state index is -3.69. The van der Waals surface area contributed by atoms with Gasteiger partial charge in [-0.25, -0.2) is 26.3 Å². The third-order valence-corrected chi connectivity index (χ3v) is 6.20. The van der Waals surface area contributed by atoms with Gasteiger partial charge in [0.1, 0.15) is 0 Å². The van der Waals surface area contributed by atoms with E-state index >= 15 is 0 Å². The summed E-state index contributed by atoms with van der Waals surface area (Å²) in [6.07, 6.45) is 1.68. The number of hydrogen-bond acceptors (Lipinski definition) is 5. The van der Waals surface area contributed by atoms with Crippen LogP contribution >= 0.6 is 0 Å². The maximum atomic E-state index is 12.0. The first-order chi connectivity index (χ1) is 9.74. The van der Waals surface area contributed by atoms with Gasteiger partial charge in [0.2, 0.25) is 20.0 Å². The molecule has 118 valence electrons. The highest BCUT2D eigenvalue weighted by molar-refractivity contribution is 7.90. The summed E-state index contributed by atoms with van der Waals surface area (Å²) in [5.41, 5.74) is 5.38. The van der Waals surface area contributed by atoms with Crippen LogP contribution in [0.1, 0.15) is 19.8 Å². The second-order valence-electron chi connectivity index (χ2n) is 5.13. The minimum Gasteiger partial charge on any atom is -0.329 e. The van der Waals surface area contributed by atoms with Crippen molar-refractivity contribution >= 4 is 20.0 Å². The van der Waals surface area contributed by atoms with Crippen LogP contribution in [0.4, 0.5) is 0 Å². The molecule has 4 N–H and O–H groups in total. The van der Waals surface area contributed by atoms with E-state index < -0.39 is 26.1 Å². The molecular weight excluding hydrogens is 314 g/mol. The molecule has 0 bridgehead atoms. The Hall–Kier alpha value is -1.00. The van der Waals surface area contributed by atoms with Gasteiger partial charge in [-0.2, -0.15) is 0 Å². The second kappa shape index (κ2) is 6.01. The second-order valence-corrected chi connectivity index (χ2v) is 8.55. The maximum absolute atomic E-state index is 12.0. The van der Waals surface area contributed by atoms with E-state index in [0.717, 1.165) is 12.8 Å². The molecule has 0 spiro atoms. The number of nitrogens with one attached hydrogen (secondary N) is 2. The highest BCUT2D eigenvalue weighted by Gasteiger charge is 2.28. The standard InChI is InChI=1S/C12H19N3O4S2/c1-9(8-13)14-20(16,17)11-4-6-12(7-5-11)21(18,19)15-10-2-3-10/h4-7,9-10,14-15H,2-3,8,13H2,1H3/t9-/m0/s1. The average Bonchev–Trinajstić information content (AvgIpc) is 3.21. The Balaban J connectivity index is 2.18. The lowest BCUT2D eigenvalue weighted by atomic mass is 10.4. The first kappa shape index (κ1) is 16.4. The lowest BCUT2D eigenvalue weighted by molar-refractivity contribution is 0.562. The molecule has 1 aromatic carbocycles. The SMILES string of the molecule is C[C@@H](CN)NS(=O)(=O)c1ccc(S(=O)(=O)NC2CC2)cc1. The summed E-state index contributed by atoms with van der Waals surface area (Å²) in [5, 5.41) is 0. The van der Waals surface area contributed by atoms with Gasteiger partial charge in [-0.05, 0) is 44.0 Å². The van der Waals surface area contributed by atoms with Crippen molar-refractivity contribution in [2.45, 2.75) is 41.6 Å². The van der Waals surface area contributed by atoms with Gasteiger partial charge in [0.25, 0.3) is 0 Å². The predicted octanol–water partition coefficient (Wildman–Crippen LogP) is -0.247. The molecule has 0 unspecified atom stereocenters. The van der Waals surface area contributed by atoms with Crippen molar-refractivity contribution < 1.29 is 16.8 Å². The van der Waals surface area contributed by atoms with Crippen LogP contribution < -0.4 is 15.2 Å². The number of nitrogens with two attached hydrogens (primary N) is 1. The lowest BCUT2D eigenvalue weighted by Gasteiger charge is -2.12. The molecule has 1 fully saturated rings. The Bertz CT molecular complexity index is 695. The first-order valence-electron chi connectivity index (χ1n) is 6.59. The van der Waals surface area contributed by atoms with Gasteiger partial charge in [0.05, 0.1) is 9.79 Å². The van der Waals surface area contributed by atoms with Crippen molar-refractivity contribution in [2.75, 3.05) is 6.54 Å². The molecule has 1 aliphatic rings. The molecule has 0 amide bonds. The summed E-state index contributed by atoms with van der Waals surface area (Å²) in [6.45, 7) is 1.83. The number of rotatable bonds is 7. The summed E-state index contributed by atoms with van der Waals surface area (Å²) in [5.74, 6) is 0. The lowest BCUT2D eigenvalue weighted by Crippen LogP contribution is -2.37. The first-order valence-corrected chi connectivity index (χ1v) is 9.56. The Morgan fingerprint density at radius 3 is 2.00 bits per heavy atom. The summed E-state index contributed by atoms with van der Waals surface area (Å²) in [4.78, 5) is 0.0633. The van der Waals surface area contributed by atoms with Gasteiger partial charge in [-0.3, -0.25) is 0 Å². The van der Waals surface area contributed by atoms with Crippen molar-refractivity contribution in [2.24, 2.45) is 5.73 Å². The zero-order valence-electron chi connectivity index (χ0n) is 11.6. The molecule has 7 nitrogen and oxygen atoms in total. The Kier molecular flexibility index (Phi) is 4.69. The van der Waals surface area contributed by atoms with Crippen molar-refractivity contribution in [1.82, 2.24) is 9.44 Å². The molecule has 0 radical (unpaired) electrons. The summed E-state index contributed by atoms with van der Waals surface area (Å²) in [7, 11) is -7.26. The fraction of sp³-hybridized carbons (Fsp3) is 0.500. The number of hydrogen-bond donors (Lipinski definition) is 3. The highest BCUT2D eigenvalue weighted by Crippen LogP contribution is 2.22. The molecule has 0 aromatic heterocycles. The summed E-state index contributed by atoms with van der Waals surface area (Å²) in [6, 6.07) is 4.72. The van der Waals surface area contributed by atoms with E-state index in [0.29, 0.717) is 0 Å². The molecule has 1 saturated carbocycles. The summed E-state index contributed by atoms with van der Waals surface area (Å²) >= 11 is 0. The van der Waals surface area contributed by atoms with Crippen molar-refractivity contribution in [3.8, 4) is 0 Å². The van der Waals surface area contributed by atoms with Gasteiger partial charge in [0.15, 0.2) is 0 Å². The maximum Gasteiger partial charge on any atom is 0.240 e. The van der Waals surface area contributed by atoms with E-state index in [9.17, 15) is 16.8 Å². The largest absolute Gasteiger partial charge is 0.329 e. The van der Waals surface area contributed by atoms with E-state index in [2.05, 4.69) is 9.44 Å². The van der Waals surface area contributed by atoms with Crippen LogP contribution in [-0.4, -0.2) is 35.5 Å². The number of benzene rings is 1. The molecule has 9 heteroatoms.